The lowest BCUT2D eigenvalue weighted by molar-refractivity contribution is -0.384. The Morgan fingerprint density at radius 2 is 2.22 bits per heavy atom. The minimum atomic E-state index is -0.585. The predicted molar refractivity (Wildman–Crippen MR) is 91.5 cm³/mol. The van der Waals surface area contributed by atoms with Crippen molar-refractivity contribution in [3.05, 3.63) is 38.9 Å². The van der Waals surface area contributed by atoms with Crippen LogP contribution in [0.4, 0.5) is 10.8 Å². The average molecular weight is 373 g/mol. The quantitative estimate of drug-likeness (QED) is 0.354. The number of amides is 1. The topological polar surface area (TPSA) is 98.0 Å². The lowest BCUT2D eigenvalue weighted by atomic mass is 10.2. The van der Waals surface area contributed by atoms with Crippen LogP contribution in [-0.4, -0.2) is 26.8 Å². The number of non-ortho nitro benzene ring substituents is 1. The van der Waals surface area contributed by atoms with Gasteiger partial charge in [-0.3, -0.25) is 20.2 Å². The van der Waals surface area contributed by atoms with Gasteiger partial charge in [0.2, 0.25) is 5.13 Å². The number of halogens is 1. The molecule has 23 heavy (non-hydrogen) atoms. The number of hydrogen-bond acceptors (Lipinski definition) is 7. The number of thioether (sulfide) groups is 1. The van der Waals surface area contributed by atoms with Crippen molar-refractivity contribution in [1.29, 1.82) is 0 Å². The van der Waals surface area contributed by atoms with E-state index in [4.69, 9.17) is 11.6 Å². The van der Waals surface area contributed by atoms with E-state index >= 15 is 0 Å². The maximum Gasteiger partial charge on any atom is 0.270 e. The molecule has 1 aromatic carbocycles. The van der Waals surface area contributed by atoms with Crippen molar-refractivity contribution in [3.8, 4) is 0 Å². The van der Waals surface area contributed by atoms with Gasteiger partial charge in [0.25, 0.3) is 11.6 Å². The summed E-state index contributed by atoms with van der Waals surface area (Å²) < 4.78 is 0.749. The van der Waals surface area contributed by atoms with Gasteiger partial charge in [0.1, 0.15) is 0 Å². The van der Waals surface area contributed by atoms with E-state index in [-0.39, 0.29) is 16.3 Å². The maximum atomic E-state index is 12.2. The van der Waals surface area contributed by atoms with Gasteiger partial charge in [-0.25, -0.2) is 0 Å². The number of nitro benzene ring substituents is 1. The van der Waals surface area contributed by atoms with Crippen molar-refractivity contribution in [2.24, 2.45) is 5.92 Å². The molecule has 1 aromatic heterocycles. The molecule has 0 aliphatic heterocycles. The third kappa shape index (κ3) is 4.88. The van der Waals surface area contributed by atoms with Gasteiger partial charge in [-0.2, -0.15) is 0 Å². The molecule has 0 unspecified atom stereocenters. The Morgan fingerprint density at radius 3 is 2.87 bits per heavy atom. The molecule has 1 N–H and O–H groups in total. The number of benzene rings is 1. The average Bonchev–Trinajstić information content (AvgIpc) is 2.92. The van der Waals surface area contributed by atoms with Gasteiger partial charge in [0, 0.05) is 17.9 Å². The summed E-state index contributed by atoms with van der Waals surface area (Å²) in [6, 6.07) is 3.69. The third-order valence-corrected chi connectivity index (χ3v) is 5.30. The molecule has 7 nitrogen and oxygen atoms in total. The van der Waals surface area contributed by atoms with Crippen LogP contribution in [0.3, 0.4) is 0 Å². The standard InChI is InChI=1S/C13H13ClN4O3S2/c1-7(2)6-22-13-17-16-12(23-13)15-11(19)9-5-8(18(20)21)3-4-10(9)14/h3-5,7H,6H2,1-2H3,(H,15,16,19). The second-order valence-corrected chi connectivity index (χ2v) is 7.61. The second kappa shape index (κ2) is 7.71. The van der Waals surface area contributed by atoms with Gasteiger partial charge in [-0.05, 0) is 12.0 Å². The molecular weight excluding hydrogens is 360 g/mol. The van der Waals surface area contributed by atoms with Crippen LogP contribution >= 0.6 is 34.7 Å². The first kappa shape index (κ1) is 17.6. The van der Waals surface area contributed by atoms with E-state index in [1.54, 1.807) is 11.8 Å². The minimum Gasteiger partial charge on any atom is -0.296 e. The third-order valence-electron chi connectivity index (χ3n) is 2.57. The Balaban J connectivity index is 2.10. The summed E-state index contributed by atoms with van der Waals surface area (Å²) in [7, 11) is 0. The highest BCUT2D eigenvalue weighted by atomic mass is 35.5. The number of hydrogen-bond donors (Lipinski definition) is 1. The predicted octanol–water partition coefficient (Wildman–Crippen LogP) is 4.10. The monoisotopic (exact) mass is 372 g/mol. The largest absolute Gasteiger partial charge is 0.296 e. The number of nitrogens with zero attached hydrogens (tertiary/aromatic N) is 3. The zero-order valence-electron chi connectivity index (χ0n) is 12.3. The van der Waals surface area contributed by atoms with E-state index in [0.29, 0.717) is 11.0 Å². The molecule has 0 bridgehead atoms. The molecule has 0 aliphatic carbocycles. The second-order valence-electron chi connectivity index (χ2n) is 4.95. The fourth-order valence-electron chi connectivity index (χ4n) is 1.52. The molecule has 0 spiro atoms. The molecule has 2 rings (SSSR count). The Kier molecular flexibility index (Phi) is 5.91. The molecule has 2 aromatic rings. The highest BCUT2D eigenvalue weighted by Gasteiger charge is 2.17. The molecule has 10 heteroatoms. The van der Waals surface area contributed by atoms with Gasteiger partial charge in [0.15, 0.2) is 4.34 Å². The van der Waals surface area contributed by atoms with Gasteiger partial charge in [-0.15, -0.1) is 10.2 Å². The van der Waals surface area contributed by atoms with Gasteiger partial charge < -0.3 is 0 Å². The van der Waals surface area contributed by atoms with Crippen LogP contribution in [0.15, 0.2) is 22.5 Å². The van der Waals surface area contributed by atoms with Crippen molar-refractivity contribution in [3.63, 3.8) is 0 Å². The minimum absolute atomic E-state index is 0.0208. The van der Waals surface area contributed by atoms with E-state index in [0.717, 1.165) is 16.2 Å². The number of carbonyl (C=O) groups is 1. The summed E-state index contributed by atoms with van der Waals surface area (Å²) in [6.45, 7) is 4.20. The number of rotatable bonds is 6. The molecule has 1 amide bonds. The fourth-order valence-corrected chi connectivity index (χ4v) is 3.45. The molecule has 0 fully saturated rings. The first-order valence-electron chi connectivity index (χ1n) is 6.58. The molecule has 0 radical (unpaired) electrons. The van der Waals surface area contributed by atoms with E-state index in [2.05, 4.69) is 29.4 Å². The van der Waals surface area contributed by atoms with Crippen molar-refractivity contribution in [1.82, 2.24) is 10.2 Å². The lowest BCUT2D eigenvalue weighted by Crippen LogP contribution is -2.12. The van der Waals surface area contributed by atoms with Crippen LogP contribution in [0.5, 0.6) is 0 Å². The Bertz CT molecular complexity index is 736. The molecule has 1 heterocycles. The first-order valence-corrected chi connectivity index (χ1v) is 8.76. The van der Waals surface area contributed by atoms with Crippen molar-refractivity contribution in [2.45, 2.75) is 18.2 Å². The van der Waals surface area contributed by atoms with Crippen molar-refractivity contribution in [2.75, 3.05) is 11.1 Å². The lowest BCUT2D eigenvalue weighted by Gasteiger charge is -2.03. The van der Waals surface area contributed by atoms with Gasteiger partial charge in [0.05, 0.1) is 15.5 Å². The number of anilines is 1. The van der Waals surface area contributed by atoms with E-state index in [1.807, 2.05) is 0 Å². The summed E-state index contributed by atoms with van der Waals surface area (Å²) in [4.78, 5) is 22.4. The normalized spacial score (nSPS) is 10.8. The number of carbonyl (C=O) groups excluding carboxylic acids is 1. The van der Waals surface area contributed by atoms with Crippen LogP contribution in [0.2, 0.25) is 5.02 Å². The molecule has 0 atom stereocenters. The van der Waals surface area contributed by atoms with Crippen LogP contribution in [0.1, 0.15) is 24.2 Å². The summed E-state index contributed by atoms with van der Waals surface area (Å²) in [5.74, 6) is 0.861. The maximum absolute atomic E-state index is 12.2. The van der Waals surface area contributed by atoms with Crippen molar-refractivity contribution >= 4 is 51.4 Å². The molecule has 0 saturated carbocycles. The molecule has 122 valence electrons. The smallest absolute Gasteiger partial charge is 0.270 e. The Morgan fingerprint density at radius 1 is 1.48 bits per heavy atom. The summed E-state index contributed by atoms with van der Waals surface area (Å²) in [6.07, 6.45) is 0. The highest BCUT2D eigenvalue weighted by molar-refractivity contribution is 8.01. The number of aromatic nitrogens is 2. The van der Waals surface area contributed by atoms with E-state index in [9.17, 15) is 14.9 Å². The molecule has 0 saturated heterocycles. The van der Waals surface area contributed by atoms with Crippen molar-refractivity contribution < 1.29 is 9.72 Å². The summed E-state index contributed by atoms with van der Waals surface area (Å²) in [5.41, 5.74) is -0.183. The van der Waals surface area contributed by atoms with Crippen LogP contribution in [0, 0.1) is 16.0 Å². The van der Waals surface area contributed by atoms with Gasteiger partial charge >= 0.3 is 0 Å². The fraction of sp³-hybridized carbons (Fsp3) is 0.308. The Labute approximate surface area is 145 Å². The summed E-state index contributed by atoms with van der Waals surface area (Å²) >= 11 is 8.74. The van der Waals surface area contributed by atoms with Crippen LogP contribution in [-0.2, 0) is 0 Å². The Hall–Kier alpha value is -1.71. The van der Waals surface area contributed by atoms with E-state index in [1.165, 1.54) is 23.5 Å². The van der Waals surface area contributed by atoms with E-state index < -0.39 is 10.8 Å². The highest BCUT2D eigenvalue weighted by Crippen LogP contribution is 2.28. The molecular formula is C13H13ClN4O3S2. The first-order chi connectivity index (χ1) is 10.9. The number of nitrogens with one attached hydrogen (secondary N) is 1. The molecule has 0 aliphatic rings. The zero-order valence-corrected chi connectivity index (χ0v) is 14.7. The van der Waals surface area contributed by atoms with Crippen LogP contribution in [0.25, 0.3) is 0 Å². The summed E-state index contributed by atoms with van der Waals surface area (Å²) in [5, 5.41) is 21.7. The van der Waals surface area contributed by atoms with Crippen LogP contribution < -0.4 is 5.32 Å². The number of nitro groups is 1. The zero-order chi connectivity index (χ0) is 17.0. The van der Waals surface area contributed by atoms with Gasteiger partial charge in [-0.1, -0.05) is 48.5 Å². The SMILES string of the molecule is CC(C)CSc1nnc(NC(=O)c2cc([N+](=O)[O-])ccc2Cl)s1.